The SMILES string of the molecule is CCc1cn[nH]c1NC(=O)[C@H](C)Oc1ccc(C)cc1. The number of aromatic nitrogens is 2. The summed E-state index contributed by atoms with van der Waals surface area (Å²) >= 11 is 0. The summed E-state index contributed by atoms with van der Waals surface area (Å²) in [4.78, 5) is 12.1. The summed E-state index contributed by atoms with van der Waals surface area (Å²) in [5.74, 6) is 1.11. The number of aromatic amines is 1. The van der Waals surface area contributed by atoms with E-state index in [0.29, 0.717) is 11.6 Å². The Bertz CT molecular complexity index is 575. The average molecular weight is 273 g/mol. The van der Waals surface area contributed by atoms with Crippen molar-refractivity contribution >= 4 is 11.7 Å². The van der Waals surface area contributed by atoms with Crippen molar-refractivity contribution in [2.75, 3.05) is 5.32 Å². The third-order valence-corrected chi connectivity index (χ3v) is 3.05. The van der Waals surface area contributed by atoms with Crippen LogP contribution >= 0.6 is 0 Å². The Kier molecular flexibility index (Phi) is 4.40. The van der Waals surface area contributed by atoms with E-state index < -0.39 is 6.10 Å². The first-order chi connectivity index (χ1) is 9.60. The predicted molar refractivity (Wildman–Crippen MR) is 77.9 cm³/mol. The number of nitrogens with one attached hydrogen (secondary N) is 2. The molecule has 1 atom stereocenters. The zero-order valence-electron chi connectivity index (χ0n) is 11.9. The van der Waals surface area contributed by atoms with Crippen LogP contribution in [0, 0.1) is 6.92 Å². The highest BCUT2D eigenvalue weighted by Crippen LogP contribution is 2.15. The van der Waals surface area contributed by atoms with Gasteiger partial charge < -0.3 is 10.1 Å². The van der Waals surface area contributed by atoms with Crippen LogP contribution in [0.3, 0.4) is 0 Å². The van der Waals surface area contributed by atoms with Crippen LogP contribution in [0.15, 0.2) is 30.5 Å². The van der Waals surface area contributed by atoms with E-state index in [2.05, 4.69) is 15.5 Å². The molecule has 20 heavy (non-hydrogen) atoms. The van der Waals surface area contributed by atoms with Crippen LogP contribution in [0.25, 0.3) is 0 Å². The highest BCUT2D eigenvalue weighted by Gasteiger charge is 2.16. The Balaban J connectivity index is 1.97. The Labute approximate surface area is 118 Å². The number of hydrogen-bond acceptors (Lipinski definition) is 3. The van der Waals surface area contributed by atoms with Gasteiger partial charge in [0.2, 0.25) is 0 Å². The van der Waals surface area contributed by atoms with Gasteiger partial charge in [-0.2, -0.15) is 5.10 Å². The number of aryl methyl sites for hydroxylation is 2. The summed E-state index contributed by atoms with van der Waals surface area (Å²) in [6.45, 7) is 5.73. The molecule has 2 rings (SSSR count). The number of H-pyrrole nitrogens is 1. The minimum absolute atomic E-state index is 0.204. The van der Waals surface area contributed by atoms with Crippen molar-refractivity contribution < 1.29 is 9.53 Å². The maximum absolute atomic E-state index is 12.1. The Morgan fingerprint density at radius 2 is 2.10 bits per heavy atom. The topological polar surface area (TPSA) is 67.0 Å². The average Bonchev–Trinajstić information content (AvgIpc) is 2.88. The van der Waals surface area contributed by atoms with E-state index >= 15 is 0 Å². The van der Waals surface area contributed by atoms with E-state index in [1.54, 1.807) is 13.1 Å². The molecule has 2 aromatic rings. The second kappa shape index (κ2) is 6.23. The predicted octanol–water partition coefficient (Wildman–Crippen LogP) is 2.69. The lowest BCUT2D eigenvalue weighted by Crippen LogP contribution is -2.30. The first-order valence-corrected chi connectivity index (χ1v) is 6.66. The number of benzene rings is 1. The van der Waals surface area contributed by atoms with Gasteiger partial charge in [0, 0.05) is 5.56 Å². The van der Waals surface area contributed by atoms with Gasteiger partial charge >= 0.3 is 0 Å². The van der Waals surface area contributed by atoms with Crippen LogP contribution in [0.4, 0.5) is 5.82 Å². The monoisotopic (exact) mass is 273 g/mol. The number of ether oxygens (including phenoxy) is 1. The van der Waals surface area contributed by atoms with Gasteiger partial charge in [-0.05, 0) is 32.4 Å². The summed E-state index contributed by atoms with van der Waals surface area (Å²) in [6, 6.07) is 7.60. The first-order valence-electron chi connectivity index (χ1n) is 6.66. The fourth-order valence-electron chi connectivity index (χ4n) is 1.79. The molecule has 0 fully saturated rings. The van der Waals surface area contributed by atoms with Gasteiger partial charge in [0.05, 0.1) is 6.20 Å². The lowest BCUT2D eigenvalue weighted by Gasteiger charge is -2.14. The summed E-state index contributed by atoms with van der Waals surface area (Å²) < 4.78 is 5.61. The third-order valence-electron chi connectivity index (χ3n) is 3.05. The normalized spacial score (nSPS) is 11.9. The van der Waals surface area contributed by atoms with Crippen molar-refractivity contribution in [1.82, 2.24) is 10.2 Å². The second-order valence-corrected chi connectivity index (χ2v) is 4.69. The highest BCUT2D eigenvalue weighted by atomic mass is 16.5. The lowest BCUT2D eigenvalue weighted by molar-refractivity contribution is -0.122. The van der Waals surface area contributed by atoms with Crippen molar-refractivity contribution in [3.05, 3.63) is 41.6 Å². The molecule has 0 saturated heterocycles. The van der Waals surface area contributed by atoms with Gasteiger partial charge in [0.25, 0.3) is 5.91 Å². The van der Waals surface area contributed by atoms with E-state index in [1.807, 2.05) is 38.1 Å². The van der Waals surface area contributed by atoms with E-state index in [0.717, 1.165) is 17.5 Å². The van der Waals surface area contributed by atoms with Crippen LogP contribution in [-0.2, 0) is 11.2 Å². The molecule has 1 amide bonds. The zero-order chi connectivity index (χ0) is 14.5. The van der Waals surface area contributed by atoms with E-state index in [4.69, 9.17) is 4.74 Å². The molecule has 0 bridgehead atoms. The third kappa shape index (κ3) is 3.38. The quantitative estimate of drug-likeness (QED) is 0.880. The van der Waals surface area contributed by atoms with Gasteiger partial charge in [-0.1, -0.05) is 24.6 Å². The van der Waals surface area contributed by atoms with Gasteiger partial charge in [-0.15, -0.1) is 0 Å². The molecule has 5 nitrogen and oxygen atoms in total. The lowest BCUT2D eigenvalue weighted by atomic mass is 10.2. The Morgan fingerprint density at radius 1 is 1.40 bits per heavy atom. The second-order valence-electron chi connectivity index (χ2n) is 4.69. The summed E-state index contributed by atoms with van der Waals surface area (Å²) in [5, 5.41) is 9.49. The van der Waals surface area contributed by atoms with Crippen LogP contribution < -0.4 is 10.1 Å². The van der Waals surface area contributed by atoms with Crippen LogP contribution in [-0.4, -0.2) is 22.2 Å². The maximum Gasteiger partial charge on any atom is 0.266 e. The van der Waals surface area contributed by atoms with Crippen molar-refractivity contribution in [3.63, 3.8) is 0 Å². The molecule has 0 unspecified atom stereocenters. The molecular weight excluding hydrogens is 254 g/mol. The number of hydrogen-bond donors (Lipinski definition) is 2. The summed E-state index contributed by atoms with van der Waals surface area (Å²) in [5.41, 5.74) is 2.13. The smallest absolute Gasteiger partial charge is 0.266 e. The van der Waals surface area contributed by atoms with Crippen LogP contribution in [0.1, 0.15) is 25.0 Å². The number of amides is 1. The minimum atomic E-state index is -0.578. The van der Waals surface area contributed by atoms with Crippen molar-refractivity contribution in [3.8, 4) is 5.75 Å². The summed E-state index contributed by atoms with van der Waals surface area (Å²) in [7, 11) is 0. The zero-order valence-corrected chi connectivity index (χ0v) is 11.9. The van der Waals surface area contributed by atoms with E-state index in [-0.39, 0.29) is 5.91 Å². The molecule has 0 aliphatic carbocycles. The van der Waals surface area contributed by atoms with Crippen LogP contribution in [0.2, 0.25) is 0 Å². The molecule has 106 valence electrons. The molecule has 5 heteroatoms. The molecule has 0 saturated carbocycles. The fourth-order valence-corrected chi connectivity index (χ4v) is 1.79. The molecule has 0 aliphatic heterocycles. The standard InChI is InChI=1S/C15H19N3O2/c1-4-12-9-16-18-14(12)17-15(19)11(3)20-13-7-5-10(2)6-8-13/h5-9,11H,4H2,1-3H3,(H2,16,17,18,19)/t11-/m0/s1. The number of nitrogens with zero attached hydrogens (tertiary/aromatic N) is 1. The van der Waals surface area contributed by atoms with E-state index in [1.165, 1.54) is 0 Å². The molecule has 0 radical (unpaired) electrons. The molecule has 0 aliphatic rings. The Morgan fingerprint density at radius 3 is 2.75 bits per heavy atom. The molecule has 1 aromatic carbocycles. The van der Waals surface area contributed by atoms with Gasteiger partial charge in [-0.25, -0.2) is 0 Å². The Hall–Kier alpha value is -2.30. The van der Waals surface area contributed by atoms with E-state index in [9.17, 15) is 4.79 Å². The molecule has 0 spiro atoms. The van der Waals surface area contributed by atoms with Crippen molar-refractivity contribution in [1.29, 1.82) is 0 Å². The molecule has 1 aromatic heterocycles. The number of anilines is 1. The van der Waals surface area contributed by atoms with Gasteiger partial charge in [-0.3, -0.25) is 9.89 Å². The fraction of sp³-hybridized carbons (Fsp3) is 0.333. The van der Waals surface area contributed by atoms with Gasteiger partial charge in [0.15, 0.2) is 6.10 Å². The molecular formula is C15H19N3O2. The molecule has 1 heterocycles. The van der Waals surface area contributed by atoms with Gasteiger partial charge in [0.1, 0.15) is 11.6 Å². The highest BCUT2D eigenvalue weighted by molar-refractivity contribution is 5.93. The first kappa shape index (κ1) is 14.1. The van der Waals surface area contributed by atoms with Crippen molar-refractivity contribution in [2.24, 2.45) is 0 Å². The summed E-state index contributed by atoms with van der Waals surface area (Å²) in [6.07, 6.45) is 1.94. The minimum Gasteiger partial charge on any atom is -0.481 e. The molecule has 2 N–H and O–H groups in total. The maximum atomic E-state index is 12.1. The number of carbonyl (C=O) groups excluding carboxylic acids is 1. The van der Waals surface area contributed by atoms with Crippen LogP contribution in [0.5, 0.6) is 5.75 Å². The largest absolute Gasteiger partial charge is 0.481 e. The number of rotatable bonds is 5. The number of carbonyl (C=O) groups is 1. The van der Waals surface area contributed by atoms with Crippen molar-refractivity contribution in [2.45, 2.75) is 33.3 Å².